The van der Waals surface area contributed by atoms with Crippen LogP contribution in [0.25, 0.3) is 21.8 Å². The fourth-order valence-corrected chi connectivity index (χ4v) is 4.16. The molecule has 0 saturated carbocycles. The van der Waals surface area contributed by atoms with Crippen LogP contribution in [0.3, 0.4) is 0 Å². The molecule has 0 spiro atoms. The van der Waals surface area contributed by atoms with Gasteiger partial charge in [0.05, 0.1) is 41.2 Å². The van der Waals surface area contributed by atoms with E-state index in [1.807, 2.05) is 12.1 Å². The van der Waals surface area contributed by atoms with Crippen LogP contribution in [-0.4, -0.2) is 9.97 Å². The topological polar surface area (TPSA) is 25.8 Å². The molecule has 2 aromatic carbocycles. The number of rotatable bonds is 0. The molecule has 144 valence electrons. The molecular weight excluding hydrogens is 617 g/mol. The first-order valence-corrected chi connectivity index (χ1v) is 11.2. The average Bonchev–Trinajstić information content (AvgIpc) is 2.66. The van der Waals surface area contributed by atoms with Gasteiger partial charge in [0.25, 0.3) is 0 Å². The summed E-state index contributed by atoms with van der Waals surface area (Å²) in [4.78, 5) is 8.24. The average molecular weight is 623 g/mol. The Kier molecular flexibility index (Phi) is 7.60. The molecule has 0 aliphatic carbocycles. The molecule has 28 heavy (non-hydrogen) atoms. The summed E-state index contributed by atoms with van der Waals surface area (Å²) in [6.45, 7) is 0. The highest BCUT2D eigenvalue weighted by Crippen LogP contribution is 2.37. The van der Waals surface area contributed by atoms with E-state index >= 15 is 0 Å². The van der Waals surface area contributed by atoms with Crippen LogP contribution in [0.1, 0.15) is 0 Å². The second kappa shape index (κ2) is 9.40. The minimum Gasteiger partial charge on any atom is -0.255 e. The molecule has 10 heteroatoms. The SMILES string of the molecule is Clc1cc2ncc(Cl)c(Cl)c2cc1Br.Clc1cnc2ccc(Br)c(Cl)c2c1Cl. The molecule has 0 unspecified atom stereocenters. The summed E-state index contributed by atoms with van der Waals surface area (Å²) in [5.41, 5.74) is 1.46. The number of nitrogens with zero attached hydrogens (tertiary/aromatic N) is 2. The fraction of sp³-hybridized carbons (Fsp3) is 0. The number of benzene rings is 2. The summed E-state index contributed by atoms with van der Waals surface area (Å²) in [6.07, 6.45) is 3.02. The summed E-state index contributed by atoms with van der Waals surface area (Å²) in [7, 11) is 0. The summed E-state index contributed by atoms with van der Waals surface area (Å²) in [5, 5.41) is 4.36. The second-order valence-electron chi connectivity index (χ2n) is 5.38. The van der Waals surface area contributed by atoms with Crippen LogP contribution in [0.5, 0.6) is 0 Å². The van der Waals surface area contributed by atoms with Gasteiger partial charge in [0.1, 0.15) is 0 Å². The first-order chi connectivity index (χ1) is 13.2. The first kappa shape index (κ1) is 22.6. The quantitative estimate of drug-likeness (QED) is 0.195. The van der Waals surface area contributed by atoms with Crippen molar-refractivity contribution >= 4 is 123 Å². The Balaban J connectivity index is 0.000000161. The standard InChI is InChI=1S/2C9H3BrCl3N/c10-5-1-4-8(2-6(5)11)14-3-7(12)9(4)13;10-4-1-2-6-7(8(4)12)9(13)5(11)3-14-6/h2*1-3H. The maximum absolute atomic E-state index is 6.07. The Morgan fingerprint density at radius 2 is 1.21 bits per heavy atom. The molecule has 4 aromatic rings. The normalized spacial score (nSPS) is 10.9. The number of hydrogen-bond acceptors (Lipinski definition) is 2. The summed E-state index contributed by atoms with van der Waals surface area (Å²) in [5.74, 6) is 0. The predicted molar refractivity (Wildman–Crippen MR) is 129 cm³/mol. The van der Waals surface area contributed by atoms with Gasteiger partial charge in [-0.1, -0.05) is 69.6 Å². The minimum atomic E-state index is 0.402. The molecular formula is C18H6Br2Cl6N2. The second-order valence-corrected chi connectivity index (χ2v) is 9.44. The van der Waals surface area contributed by atoms with Gasteiger partial charge in [-0.3, -0.25) is 9.97 Å². The van der Waals surface area contributed by atoms with Crippen molar-refractivity contribution in [2.45, 2.75) is 0 Å². The van der Waals surface area contributed by atoms with E-state index in [-0.39, 0.29) is 0 Å². The van der Waals surface area contributed by atoms with Crippen molar-refractivity contribution in [1.82, 2.24) is 9.97 Å². The van der Waals surface area contributed by atoms with Gasteiger partial charge in [0.15, 0.2) is 0 Å². The van der Waals surface area contributed by atoms with Crippen LogP contribution in [0.2, 0.25) is 30.1 Å². The van der Waals surface area contributed by atoms with Gasteiger partial charge in [0, 0.05) is 32.1 Å². The maximum atomic E-state index is 6.07. The molecule has 2 aromatic heterocycles. The Morgan fingerprint density at radius 3 is 1.89 bits per heavy atom. The van der Waals surface area contributed by atoms with Crippen molar-refractivity contribution in [2.75, 3.05) is 0 Å². The molecule has 0 N–H and O–H groups in total. The van der Waals surface area contributed by atoms with E-state index in [1.165, 1.54) is 12.4 Å². The molecule has 0 radical (unpaired) electrons. The zero-order valence-electron chi connectivity index (χ0n) is 13.4. The molecule has 0 fully saturated rings. The third-order valence-electron chi connectivity index (χ3n) is 3.62. The van der Waals surface area contributed by atoms with Crippen molar-refractivity contribution in [3.63, 3.8) is 0 Å². The number of aromatic nitrogens is 2. The Hall–Kier alpha value is -0.0400. The number of fused-ring (bicyclic) bond motifs is 2. The van der Waals surface area contributed by atoms with Crippen LogP contribution < -0.4 is 0 Å². The van der Waals surface area contributed by atoms with Crippen molar-refractivity contribution in [3.8, 4) is 0 Å². The summed E-state index contributed by atoms with van der Waals surface area (Å²) < 4.78 is 1.55. The molecule has 0 bridgehead atoms. The molecule has 2 nitrogen and oxygen atoms in total. The maximum Gasteiger partial charge on any atom is 0.0782 e. The first-order valence-electron chi connectivity index (χ1n) is 7.37. The van der Waals surface area contributed by atoms with Crippen LogP contribution in [-0.2, 0) is 0 Å². The van der Waals surface area contributed by atoms with Gasteiger partial charge < -0.3 is 0 Å². The molecule has 2 heterocycles. The third kappa shape index (κ3) is 4.65. The minimum absolute atomic E-state index is 0.402. The smallest absolute Gasteiger partial charge is 0.0782 e. The molecule has 4 rings (SSSR count). The lowest BCUT2D eigenvalue weighted by atomic mass is 10.2. The number of hydrogen-bond donors (Lipinski definition) is 0. The number of halogens is 8. The highest BCUT2D eigenvalue weighted by atomic mass is 79.9. The lowest BCUT2D eigenvalue weighted by molar-refractivity contribution is 1.41. The van der Waals surface area contributed by atoms with Crippen molar-refractivity contribution in [3.05, 3.63) is 75.7 Å². The van der Waals surface area contributed by atoms with Crippen LogP contribution >= 0.6 is 101 Å². The van der Waals surface area contributed by atoms with Gasteiger partial charge in [-0.05, 0) is 56.1 Å². The van der Waals surface area contributed by atoms with Gasteiger partial charge >= 0.3 is 0 Å². The molecule has 0 atom stereocenters. The van der Waals surface area contributed by atoms with Gasteiger partial charge in [-0.25, -0.2) is 0 Å². The molecule has 0 aliphatic rings. The van der Waals surface area contributed by atoms with Crippen LogP contribution in [0.4, 0.5) is 0 Å². The lowest BCUT2D eigenvalue weighted by Gasteiger charge is -2.05. The van der Waals surface area contributed by atoms with E-state index in [0.29, 0.717) is 35.5 Å². The van der Waals surface area contributed by atoms with Crippen molar-refractivity contribution in [1.29, 1.82) is 0 Å². The summed E-state index contributed by atoms with van der Waals surface area (Å²) >= 11 is 42.3. The van der Waals surface area contributed by atoms with E-state index in [1.54, 1.807) is 12.1 Å². The molecule has 0 amide bonds. The monoisotopic (exact) mass is 618 g/mol. The Morgan fingerprint density at radius 1 is 0.607 bits per heavy atom. The predicted octanol–water partition coefficient (Wildman–Crippen LogP) is 9.91. The zero-order chi connectivity index (χ0) is 20.6. The van der Waals surface area contributed by atoms with Crippen LogP contribution in [0, 0.1) is 0 Å². The molecule has 0 aliphatic heterocycles. The Labute approximate surface area is 207 Å². The highest BCUT2D eigenvalue weighted by molar-refractivity contribution is 9.10. The molecule has 0 saturated heterocycles. The lowest BCUT2D eigenvalue weighted by Crippen LogP contribution is -1.83. The van der Waals surface area contributed by atoms with E-state index in [4.69, 9.17) is 69.6 Å². The fourth-order valence-electron chi connectivity index (χ4n) is 2.29. The van der Waals surface area contributed by atoms with E-state index < -0.39 is 0 Å². The summed E-state index contributed by atoms with van der Waals surface area (Å²) in [6, 6.07) is 7.19. The Bertz CT molecular complexity index is 1170. The zero-order valence-corrected chi connectivity index (χ0v) is 21.1. The van der Waals surface area contributed by atoms with E-state index in [9.17, 15) is 0 Å². The largest absolute Gasteiger partial charge is 0.255 e. The highest BCUT2D eigenvalue weighted by Gasteiger charge is 2.11. The van der Waals surface area contributed by atoms with Gasteiger partial charge in [-0.15, -0.1) is 0 Å². The number of pyridine rings is 2. The van der Waals surface area contributed by atoms with E-state index in [2.05, 4.69) is 41.8 Å². The van der Waals surface area contributed by atoms with Crippen LogP contribution in [0.15, 0.2) is 45.6 Å². The van der Waals surface area contributed by atoms with Gasteiger partial charge in [0.2, 0.25) is 0 Å². The van der Waals surface area contributed by atoms with Gasteiger partial charge in [-0.2, -0.15) is 0 Å². The van der Waals surface area contributed by atoms with Crippen molar-refractivity contribution in [2.24, 2.45) is 0 Å². The van der Waals surface area contributed by atoms with Crippen molar-refractivity contribution < 1.29 is 0 Å². The third-order valence-corrected chi connectivity index (χ3v) is 7.67. The van der Waals surface area contributed by atoms with E-state index in [0.717, 1.165) is 25.4 Å².